The summed E-state index contributed by atoms with van der Waals surface area (Å²) in [5.74, 6) is 0.199. The maximum Gasteiger partial charge on any atom is 0.241 e. The minimum absolute atomic E-state index is 0. The van der Waals surface area contributed by atoms with Gasteiger partial charge in [0, 0.05) is 5.69 Å². The van der Waals surface area contributed by atoms with Crippen LogP contribution in [0.1, 0.15) is 12.8 Å². The van der Waals surface area contributed by atoms with Crippen molar-refractivity contribution in [2.75, 3.05) is 11.9 Å². The van der Waals surface area contributed by atoms with Crippen molar-refractivity contribution in [2.45, 2.75) is 18.9 Å². The third-order valence-electron chi connectivity index (χ3n) is 2.51. The molecule has 0 bridgehead atoms. The first-order chi connectivity index (χ1) is 7.25. The van der Waals surface area contributed by atoms with Crippen LogP contribution in [0.3, 0.4) is 0 Å². The topological polar surface area (TPSA) is 61.4 Å². The first kappa shape index (κ1) is 12.8. The Morgan fingerprint density at radius 2 is 2.06 bits per heavy atom. The molecule has 1 fully saturated rings. The van der Waals surface area contributed by atoms with Gasteiger partial charge in [0.15, 0.2) is 0 Å². The predicted octanol–water partition coefficient (Wildman–Crippen LogP) is 1.50. The van der Waals surface area contributed by atoms with Crippen LogP contribution in [0.25, 0.3) is 0 Å². The van der Waals surface area contributed by atoms with Gasteiger partial charge in [0.25, 0.3) is 0 Å². The molecule has 4 nitrogen and oxygen atoms in total. The monoisotopic (exact) mass is 242 g/mol. The number of amides is 1. The Morgan fingerprint density at radius 3 is 2.62 bits per heavy atom. The SMILES string of the molecule is Cl.O=C(Nc1ccc(O)cc1)[C@@H]1CCCN1. The lowest BCUT2D eigenvalue weighted by atomic mass is 10.2. The molecule has 1 saturated heterocycles. The fourth-order valence-corrected chi connectivity index (χ4v) is 1.68. The second kappa shape index (κ2) is 5.72. The van der Waals surface area contributed by atoms with E-state index in [0.717, 1.165) is 19.4 Å². The molecular weight excluding hydrogens is 228 g/mol. The molecule has 1 heterocycles. The van der Waals surface area contributed by atoms with Gasteiger partial charge in [0.05, 0.1) is 6.04 Å². The summed E-state index contributed by atoms with van der Waals surface area (Å²) in [4.78, 5) is 11.7. The fraction of sp³-hybridized carbons (Fsp3) is 0.364. The van der Waals surface area contributed by atoms with Gasteiger partial charge in [-0.3, -0.25) is 4.79 Å². The molecule has 1 aliphatic heterocycles. The number of rotatable bonds is 2. The molecule has 0 unspecified atom stereocenters. The normalized spacial score (nSPS) is 18.9. The molecule has 1 amide bonds. The molecule has 2 rings (SSSR count). The molecule has 88 valence electrons. The summed E-state index contributed by atoms with van der Waals surface area (Å²) in [6.07, 6.45) is 1.94. The number of aromatic hydroxyl groups is 1. The van der Waals surface area contributed by atoms with Gasteiger partial charge in [-0.2, -0.15) is 0 Å². The van der Waals surface area contributed by atoms with E-state index in [2.05, 4.69) is 10.6 Å². The molecule has 0 aliphatic carbocycles. The molecule has 0 spiro atoms. The number of anilines is 1. The molecule has 1 aromatic carbocycles. The second-order valence-electron chi connectivity index (χ2n) is 3.69. The van der Waals surface area contributed by atoms with E-state index in [1.807, 2.05) is 0 Å². The second-order valence-corrected chi connectivity index (χ2v) is 3.69. The van der Waals surface area contributed by atoms with Crippen LogP contribution in [0, 0.1) is 0 Å². The lowest BCUT2D eigenvalue weighted by Crippen LogP contribution is -2.35. The average Bonchev–Trinajstić information content (AvgIpc) is 2.74. The zero-order chi connectivity index (χ0) is 10.7. The highest BCUT2D eigenvalue weighted by Crippen LogP contribution is 2.15. The van der Waals surface area contributed by atoms with E-state index < -0.39 is 0 Å². The summed E-state index contributed by atoms with van der Waals surface area (Å²) in [6, 6.07) is 6.40. The van der Waals surface area contributed by atoms with Crippen molar-refractivity contribution in [2.24, 2.45) is 0 Å². The molecule has 16 heavy (non-hydrogen) atoms. The summed E-state index contributed by atoms with van der Waals surface area (Å²) >= 11 is 0. The van der Waals surface area contributed by atoms with Crippen molar-refractivity contribution >= 4 is 24.0 Å². The van der Waals surface area contributed by atoms with E-state index in [-0.39, 0.29) is 30.1 Å². The molecule has 1 aromatic rings. The summed E-state index contributed by atoms with van der Waals surface area (Å²) in [7, 11) is 0. The van der Waals surface area contributed by atoms with Crippen LogP contribution in [0.4, 0.5) is 5.69 Å². The van der Waals surface area contributed by atoms with Gasteiger partial charge in [0.1, 0.15) is 5.75 Å². The van der Waals surface area contributed by atoms with Crippen LogP contribution in [-0.4, -0.2) is 23.6 Å². The van der Waals surface area contributed by atoms with Crippen LogP contribution in [-0.2, 0) is 4.79 Å². The number of nitrogens with one attached hydrogen (secondary N) is 2. The summed E-state index contributed by atoms with van der Waals surface area (Å²) in [5.41, 5.74) is 0.714. The Labute approximate surface area is 100 Å². The molecule has 0 radical (unpaired) electrons. The van der Waals surface area contributed by atoms with E-state index in [4.69, 9.17) is 5.11 Å². The highest BCUT2D eigenvalue weighted by molar-refractivity contribution is 5.95. The number of phenols is 1. The molecule has 5 heteroatoms. The van der Waals surface area contributed by atoms with Gasteiger partial charge in [0.2, 0.25) is 5.91 Å². The van der Waals surface area contributed by atoms with Crippen LogP contribution >= 0.6 is 12.4 Å². The van der Waals surface area contributed by atoms with Crippen molar-refractivity contribution in [3.63, 3.8) is 0 Å². The van der Waals surface area contributed by atoms with Gasteiger partial charge in [-0.05, 0) is 43.7 Å². The molecule has 0 saturated carbocycles. The largest absolute Gasteiger partial charge is 0.508 e. The number of carbonyl (C=O) groups excluding carboxylic acids is 1. The molecule has 1 aliphatic rings. The molecule has 3 N–H and O–H groups in total. The standard InChI is InChI=1S/C11H14N2O2.ClH/c14-9-5-3-8(4-6-9)13-11(15)10-2-1-7-12-10;/h3-6,10,12,14H,1-2,7H2,(H,13,15);1H/t10-;/m0./s1. The summed E-state index contributed by atoms with van der Waals surface area (Å²) in [6.45, 7) is 0.910. The number of phenolic OH excluding ortho intramolecular Hbond substituents is 1. The smallest absolute Gasteiger partial charge is 0.241 e. The third kappa shape index (κ3) is 3.12. The fourth-order valence-electron chi connectivity index (χ4n) is 1.68. The van der Waals surface area contributed by atoms with Gasteiger partial charge < -0.3 is 15.7 Å². The first-order valence-electron chi connectivity index (χ1n) is 5.09. The number of hydrogen-bond donors (Lipinski definition) is 3. The van der Waals surface area contributed by atoms with Gasteiger partial charge in [-0.1, -0.05) is 0 Å². The van der Waals surface area contributed by atoms with Crippen molar-refractivity contribution in [3.8, 4) is 5.75 Å². The van der Waals surface area contributed by atoms with Gasteiger partial charge in [-0.25, -0.2) is 0 Å². The quantitative estimate of drug-likeness (QED) is 0.689. The van der Waals surface area contributed by atoms with Crippen LogP contribution in [0.2, 0.25) is 0 Å². The Kier molecular flexibility index (Phi) is 4.58. The Bertz CT molecular complexity index is 348. The van der Waals surface area contributed by atoms with Crippen molar-refractivity contribution in [1.29, 1.82) is 0 Å². The van der Waals surface area contributed by atoms with Crippen molar-refractivity contribution in [3.05, 3.63) is 24.3 Å². The van der Waals surface area contributed by atoms with Gasteiger partial charge in [-0.15, -0.1) is 12.4 Å². The van der Waals surface area contributed by atoms with Gasteiger partial charge >= 0.3 is 0 Å². The summed E-state index contributed by atoms with van der Waals surface area (Å²) < 4.78 is 0. The third-order valence-corrected chi connectivity index (χ3v) is 2.51. The van der Waals surface area contributed by atoms with Crippen LogP contribution in [0.5, 0.6) is 5.75 Å². The van der Waals surface area contributed by atoms with E-state index >= 15 is 0 Å². The summed E-state index contributed by atoms with van der Waals surface area (Å²) in [5, 5.41) is 15.0. The van der Waals surface area contributed by atoms with Crippen LogP contribution in [0.15, 0.2) is 24.3 Å². The lowest BCUT2D eigenvalue weighted by Gasteiger charge is -2.10. The lowest BCUT2D eigenvalue weighted by molar-refractivity contribution is -0.117. The van der Waals surface area contributed by atoms with E-state index in [9.17, 15) is 4.79 Å². The Hall–Kier alpha value is -1.26. The minimum atomic E-state index is -0.0706. The highest BCUT2D eigenvalue weighted by Gasteiger charge is 2.21. The average molecular weight is 243 g/mol. The number of hydrogen-bond acceptors (Lipinski definition) is 3. The number of halogens is 1. The van der Waals surface area contributed by atoms with E-state index in [1.54, 1.807) is 24.3 Å². The minimum Gasteiger partial charge on any atom is -0.508 e. The van der Waals surface area contributed by atoms with Crippen LogP contribution < -0.4 is 10.6 Å². The zero-order valence-corrected chi connectivity index (χ0v) is 9.59. The maximum atomic E-state index is 11.7. The molecule has 1 atom stereocenters. The Morgan fingerprint density at radius 1 is 1.38 bits per heavy atom. The number of benzene rings is 1. The maximum absolute atomic E-state index is 11.7. The first-order valence-corrected chi connectivity index (χ1v) is 5.09. The predicted molar refractivity (Wildman–Crippen MR) is 65.0 cm³/mol. The van der Waals surface area contributed by atoms with Crippen molar-refractivity contribution < 1.29 is 9.90 Å². The molecular formula is C11H15ClN2O2. The zero-order valence-electron chi connectivity index (χ0n) is 8.77. The highest BCUT2D eigenvalue weighted by atomic mass is 35.5. The van der Waals surface area contributed by atoms with Crippen molar-refractivity contribution in [1.82, 2.24) is 5.32 Å². The van der Waals surface area contributed by atoms with E-state index in [1.165, 1.54) is 0 Å². The number of carbonyl (C=O) groups is 1. The van der Waals surface area contributed by atoms with E-state index in [0.29, 0.717) is 5.69 Å². The Balaban J connectivity index is 0.00000128. The molecule has 0 aromatic heterocycles.